The Labute approximate surface area is 161 Å². The van der Waals surface area contributed by atoms with Gasteiger partial charge in [-0.3, -0.25) is 4.79 Å². The first-order valence-electron chi connectivity index (χ1n) is 8.13. The number of nitrogen functional groups attached to an aromatic ring is 1. The number of phenols is 1. The van der Waals surface area contributed by atoms with Crippen LogP contribution in [0, 0.1) is 12.7 Å². The molecule has 6 nitrogen and oxygen atoms in total. The Morgan fingerprint density at radius 3 is 2.41 bits per heavy atom. The van der Waals surface area contributed by atoms with Gasteiger partial charge in [-0.2, -0.15) is 13.2 Å². The number of aromatic nitrogens is 2. The van der Waals surface area contributed by atoms with Crippen molar-refractivity contribution in [2.24, 2.45) is 5.73 Å². The molecule has 0 aliphatic carbocycles. The number of hydrogen-bond donors (Lipinski definition) is 3. The maximum absolute atomic E-state index is 13.8. The summed E-state index contributed by atoms with van der Waals surface area (Å²) in [6, 6.07) is 6.06. The summed E-state index contributed by atoms with van der Waals surface area (Å²) in [6.45, 7) is 1.67. The molecule has 1 amide bonds. The number of benzene rings is 2. The summed E-state index contributed by atoms with van der Waals surface area (Å²) in [7, 11) is 0. The van der Waals surface area contributed by atoms with Crippen molar-refractivity contribution >= 4 is 11.6 Å². The van der Waals surface area contributed by atoms with E-state index in [-0.39, 0.29) is 28.5 Å². The zero-order valence-electron chi connectivity index (χ0n) is 14.9. The van der Waals surface area contributed by atoms with Crippen molar-refractivity contribution < 1.29 is 27.5 Å². The highest BCUT2D eigenvalue weighted by atomic mass is 19.4. The van der Waals surface area contributed by atoms with Gasteiger partial charge in [0.05, 0.1) is 16.9 Å². The lowest BCUT2D eigenvalue weighted by atomic mass is 10.0. The van der Waals surface area contributed by atoms with Gasteiger partial charge in [0.1, 0.15) is 11.6 Å². The molecular formula is C19H14F4N4O2. The van der Waals surface area contributed by atoms with Crippen LogP contribution in [0.3, 0.4) is 0 Å². The lowest BCUT2D eigenvalue weighted by molar-refractivity contribution is -0.137. The fourth-order valence-corrected chi connectivity index (χ4v) is 2.74. The topological polar surface area (TPSA) is 115 Å². The summed E-state index contributed by atoms with van der Waals surface area (Å²) < 4.78 is 53.0. The average Bonchev–Trinajstić information content (AvgIpc) is 2.62. The van der Waals surface area contributed by atoms with Crippen molar-refractivity contribution in [2.45, 2.75) is 13.1 Å². The van der Waals surface area contributed by atoms with E-state index in [4.69, 9.17) is 11.5 Å². The largest absolute Gasteiger partial charge is 0.508 e. The molecule has 0 spiro atoms. The lowest BCUT2D eigenvalue weighted by Crippen LogP contribution is -2.18. The molecule has 3 rings (SSSR count). The Morgan fingerprint density at radius 1 is 1.10 bits per heavy atom. The number of alkyl halides is 3. The number of rotatable bonds is 3. The van der Waals surface area contributed by atoms with Gasteiger partial charge in [-0.15, -0.1) is 0 Å². The van der Waals surface area contributed by atoms with Crippen LogP contribution in [-0.2, 0) is 6.18 Å². The Balaban J connectivity index is 2.32. The van der Waals surface area contributed by atoms with Crippen LogP contribution in [-0.4, -0.2) is 21.0 Å². The number of carbonyl (C=O) groups excluding carboxylic acids is 1. The SMILES string of the molecule is Cc1ccc(O)cc1-c1nc(-c2cc(F)cc(C(F)(F)F)c2)nc(C(N)=O)c1N. The number of aryl methyl sites for hydroxylation is 1. The zero-order chi connectivity index (χ0) is 21.5. The molecule has 0 aliphatic rings. The third-order valence-electron chi connectivity index (χ3n) is 4.14. The molecule has 1 aromatic heterocycles. The maximum atomic E-state index is 13.8. The molecule has 3 aromatic rings. The molecule has 1 heterocycles. The van der Waals surface area contributed by atoms with Crippen LogP contribution >= 0.6 is 0 Å². The first kappa shape index (κ1) is 20.1. The van der Waals surface area contributed by atoms with E-state index in [1.54, 1.807) is 13.0 Å². The number of amides is 1. The predicted molar refractivity (Wildman–Crippen MR) is 97.2 cm³/mol. The normalized spacial score (nSPS) is 11.5. The van der Waals surface area contributed by atoms with Crippen LogP contribution in [0.5, 0.6) is 5.75 Å². The van der Waals surface area contributed by atoms with E-state index in [9.17, 15) is 27.5 Å². The minimum Gasteiger partial charge on any atom is -0.508 e. The zero-order valence-corrected chi connectivity index (χ0v) is 14.9. The lowest BCUT2D eigenvalue weighted by Gasteiger charge is -2.14. The fourth-order valence-electron chi connectivity index (χ4n) is 2.74. The molecule has 29 heavy (non-hydrogen) atoms. The molecule has 0 saturated heterocycles. The highest BCUT2D eigenvalue weighted by Crippen LogP contribution is 2.35. The van der Waals surface area contributed by atoms with Gasteiger partial charge in [0.2, 0.25) is 0 Å². The smallest absolute Gasteiger partial charge is 0.416 e. The average molecular weight is 406 g/mol. The number of nitrogens with zero attached hydrogens (tertiary/aromatic N) is 2. The molecule has 0 bridgehead atoms. The monoisotopic (exact) mass is 406 g/mol. The molecule has 150 valence electrons. The number of primary amides is 1. The molecule has 0 saturated carbocycles. The number of carbonyl (C=O) groups is 1. The van der Waals surface area contributed by atoms with E-state index in [2.05, 4.69) is 9.97 Å². The van der Waals surface area contributed by atoms with Crippen molar-refractivity contribution in [3.05, 3.63) is 59.0 Å². The quantitative estimate of drug-likeness (QED) is 0.574. The van der Waals surface area contributed by atoms with Gasteiger partial charge in [-0.25, -0.2) is 14.4 Å². The van der Waals surface area contributed by atoms with Crippen molar-refractivity contribution in [1.82, 2.24) is 9.97 Å². The summed E-state index contributed by atoms with van der Waals surface area (Å²) in [5.74, 6) is -2.71. The second-order valence-corrected chi connectivity index (χ2v) is 6.25. The van der Waals surface area contributed by atoms with Crippen LogP contribution < -0.4 is 11.5 Å². The molecule has 2 aromatic carbocycles. The Kier molecular flexibility index (Phi) is 4.87. The van der Waals surface area contributed by atoms with Crippen molar-refractivity contribution in [1.29, 1.82) is 0 Å². The molecule has 0 fully saturated rings. The summed E-state index contributed by atoms with van der Waals surface area (Å²) in [6.07, 6.45) is -4.80. The van der Waals surface area contributed by atoms with Crippen LogP contribution in [0.25, 0.3) is 22.6 Å². The Hall–Kier alpha value is -3.69. The van der Waals surface area contributed by atoms with Gasteiger partial charge in [-0.05, 0) is 42.8 Å². The van der Waals surface area contributed by atoms with Gasteiger partial charge in [-0.1, -0.05) is 6.07 Å². The minimum absolute atomic E-state index is 0.0324. The summed E-state index contributed by atoms with van der Waals surface area (Å²) in [4.78, 5) is 19.8. The van der Waals surface area contributed by atoms with E-state index < -0.39 is 29.2 Å². The molecule has 0 unspecified atom stereocenters. The maximum Gasteiger partial charge on any atom is 0.416 e. The predicted octanol–water partition coefficient (Wildman–Crippen LogP) is 3.66. The van der Waals surface area contributed by atoms with Crippen LogP contribution in [0.1, 0.15) is 21.6 Å². The van der Waals surface area contributed by atoms with Gasteiger partial charge >= 0.3 is 6.18 Å². The number of aromatic hydroxyl groups is 1. The van der Waals surface area contributed by atoms with Crippen LogP contribution in [0.15, 0.2) is 36.4 Å². The number of phenolic OH excluding ortho intramolecular Hbond substituents is 1. The van der Waals surface area contributed by atoms with E-state index in [0.29, 0.717) is 23.3 Å². The fraction of sp³-hybridized carbons (Fsp3) is 0.105. The summed E-state index contributed by atoms with van der Waals surface area (Å²) >= 11 is 0. The van der Waals surface area contributed by atoms with Crippen molar-refractivity contribution in [3.8, 4) is 28.4 Å². The number of hydrogen-bond acceptors (Lipinski definition) is 5. The van der Waals surface area contributed by atoms with Gasteiger partial charge in [0.15, 0.2) is 11.5 Å². The van der Waals surface area contributed by atoms with Gasteiger partial charge in [0, 0.05) is 11.1 Å². The van der Waals surface area contributed by atoms with Crippen molar-refractivity contribution in [2.75, 3.05) is 5.73 Å². The van der Waals surface area contributed by atoms with Crippen LogP contribution in [0.4, 0.5) is 23.2 Å². The minimum atomic E-state index is -4.80. The highest BCUT2D eigenvalue weighted by molar-refractivity contribution is 5.99. The third kappa shape index (κ3) is 3.96. The molecule has 10 heteroatoms. The van der Waals surface area contributed by atoms with Gasteiger partial charge < -0.3 is 16.6 Å². The summed E-state index contributed by atoms with van der Waals surface area (Å²) in [5, 5.41) is 9.77. The molecule has 5 N–H and O–H groups in total. The number of anilines is 1. The van der Waals surface area contributed by atoms with E-state index in [1.807, 2.05) is 0 Å². The Morgan fingerprint density at radius 2 is 1.79 bits per heavy atom. The van der Waals surface area contributed by atoms with E-state index >= 15 is 0 Å². The van der Waals surface area contributed by atoms with E-state index in [1.165, 1.54) is 12.1 Å². The standard InChI is InChI=1S/C19H14F4N4O2/c1-8-2-3-12(28)7-13(8)15-14(24)16(17(25)29)27-18(26-15)9-4-10(19(21,22)23)6-11(20)5-9/h2-7,28H,24H2,1H3,(H2,25,29). The third-order valence-corrected chi connectivity index (χ3v) is 4.14. The summed E-state index contributed by atoms with van der Waals surface area (Å²) in [5.41, 5.74) is 9.89. The van der Waals surface area contributed by atoms with E-state index in [0.717, 1.165) is 6.07 Å². The second-order valence-electron chi connectivity index (χ2n) is 6.25. The Bertz CT molecular complexity index is 1130. The molecule has 0 atom stereocenters. The molecule has 0 radical (unpaired) electrons. The van der Waals surface area contributed by atoms with Crippen LogP contribution in [0.2, 0.25) is 0 Å². The molecule has 0 aliphatic heterocycles. The second kappa shape index (κ2) is 7.04. The van der Waals surface area contributed by atoms with Gasteiger partial charge in [0.25, 0.3) is 5.91 Å². The number of nitrogens with two attached hydrogens (primary N) is 2. The first-order valence-corrected chi connectivity index (χ1v) is 8.13. The van der Waals surface area contributed by atoms with Crippen molar-refractivity contribution in [3.63, 3.8) is 0 Å². The number of halogens is 4. The highest BCUT2D eigenvalue weighted by Gasteiger charge is 2.32. The first-order chi connectivity index (χ1) is 13.5. The molecular weight excluding hydrogens is 392 g/mol.